The molecule has 0 atom stereocenters. The summed E-state index contributed by atoms with van der Waals surface area (Å²) in [6.07, 6.45) is 0. The smallest absolute Gasteiger partial charge is 0.0642 e. The fraction of sp³-hybridized carbons (Fsp3) is 0.286. The molecule has 1 radical (unpaired) electrons. The van der Waals surface area contributed by atoms with Gasteiger partial charge in [0.2, 0.25) is 0 Å². The Morgan fingerprint density at radius 2 is 1.94 bits per heavy atom. The molecule has 0 spiro atoms. The summed E-state index contributed by atoms with van der Waals surface area (Å²) in [5, 5.41) is 2.44. The molecular formula is C14H14NO. The van der Waals surface area contributed by atoms with Gasteiger partial charge in [-0.05, 0) is 29.0 Å². The standard InChI is InChI=1S/C14H14NO/c1-2-4-13-11-14(6-5-12(13)3-1)15-7-9-16-10-8-15/h1-4,6,11H,7-10H2. The first kappa shape index (κ1) is 9.67. The lowest BCUT2D eigenvalue weighted by atomic mass is 10.1. The molecule has 81 valence electrons. The second-order valence-corrected chi connectivity index (χ2v) is 4.04. The van der Waals surface area contributed by atoms with Crippen molar-refractivity contribution < 1.29 is 4.74 Å². The molecule has 0 saturated carbocycles. The molecule has 1 aliphatic rings. The SMILES string of the molecule is [c]1cc(N2CCOCC2)cc2ccccc12. The van der Waals surface area contributed by atoms with Crippen molar-refractivity contribution in [2.45, 2.75) is 0 Å². The third kappa shape index (κ3) is 1.76. The number of hydrogen-bond donors (Lipinski definition) is 0. The Morgan fingerprint density at radius 3 is 2.81 bits per heavy atom. The lowest BCUT2D eigenvalue weighted by molar-refractivity contribution is 0.122. The molecule has 2 aromatic rings. The van der Waals surface area contributed by atoms with Crippen LogP contribution in [-0.4, -0.2) is 26.3 Å². The van der Waals surface area contributed by atoms with Gasteiger partial charge in [0.15, 0.2) is 0 Å². The Balaban J connectivity index is 1.97. The predicted molar refractivity (Wildman–Crippen MR) is 65.8 cm³/mol. The van der Waals surface area contributed by atoms with Crippen LogP contribution in [0.25, 0.3) is 10.8 Å². The summed E-state index contributed by atoms with van der Waals surface area (Å²) < 4.78 is 5.36. The zero-order valence-electron chi connectivity index (χ0n) is 9.15. The third-order valence-corrected chi connectivity index (χ3v) is 3.02. The van der Waals surface area contributed by atoms with Gasteiger partial charge in [-0.1, -0.05) is 24.3 Å². The van der Waals surface area contributed by atoms with Crippen molar-refractivity contribution in [3.63, 3.8) is 0 Å². The molecule has 1 heterocycles. The van der Waals surface area contributed by atoms with E-state index in [0.717, 1.165) is 26.3 Å². The van der Waals surface area contributed by atoms with Crippen molar-refractivity contribution in [2.24, 2.45) is 0 Å². The fourth-order valence-electron chi connectivity index (χ4n) is 2.11. The number of ether oxygens (including phenoxy) is 1. The molecule has 1 saturated heterocycles. The Kier molecular flexibility index (Phi) is 2.50. The summed E-state index contributed by atoms with van der Waals surface area (Å²) in [4.78, 5) is 2.35. The average Bonchev–Trinajstić information content (AvgIpc) is 2.39. The van der Waals surface area contributed by atoms with Gasteiger partial charge in [-0.2, -0.15) is 0 Å². The van der Waals surface area contributed by atoms with Gasteiger partial charge in [0.05, 0.1) is 13.2 Å². The molecule has 2 aromatic carbocycles. The first-order valence-corrected chi connectivity index (χ1v) is 5.67. The topological polar surface area (TPSA) is 12.5 Å². The zero-order chi connectivity index (χ0) is 10.8. The first-order chi connectivity index (χ1) is 7.93. The van der Waals surface area contributed by atoms with Gasteiger partial charge in [-0.15, -0.1) is 0 Å². The van der Waals surface area contributed by atoms with Crippen molar-refractivity contribution >= 4 is 16.5 Å². The van der Waals surface area contributed by atoms with Crippen LogP contribution in [0.5, 0.6) is 0 Å². The maximum atomic E-state index is 5.36. The van der Waals surface area contributed by atoms with Crippen LogP contribution in [0.3, 0.4) is 0 Å². The van der Waals surface area contributed by atoms with E-state index in [2.05, 4.69) is 41.3 Å². The average molecular weight is 212 g/mol. The van der Waals surface area contributed by atoms with Crippen molar-refractivity contribution in [1.82, 2.24) is 0 Å². The van der Waals surface area contributed by atoms with E-state index >= 15 is 0 Å². The van der Waals surface area contributed by atoms with Crippen LogP contribution in [0.15, 0.2) is 36.4 Å². The Morgan fingerprint density at radius 1 is 1.12 bits per heavy atom. The number of nitrogens with zero attached hydrogens (tertiary/aromatic N) is 1. The molecule has 1 aliphatic heterocycles. The van der Waals surface area contributed by atoms with E-state index in [4.69, 9.17) is 4.74 Å². The number of benzene rings is 2. The molecule has 3 rings (SSSR count). The molecule has 1 fully saturated rings. The lowest BCUT2D eigenvalue weighted by Gasteiger charge is -2.29. The molecule has 0 N–H and O–H groups in total. The molecule has 0 amide bonds. The number of fused-ring (bicyclic) bond motifs is 1. The highest BCUT2D eigenvalue weighted by atomic mass is 16.5. The van der Waals surface area contributed by atoms with Gasteiger partial charge in [-0.3, -0.25) is 0 Å². The van der Waals surface area contributed by atoms with Crippen LogP contribution < -0.4 is 4.90 Å². The van der Waals surface area contributed by atoms with Gasteiger partial charge in [0.25, 0.3) is 0 Å². The second-order valence-electron chi connectivity index (χ2n) is 4.04. The van der Waals surface area contributed by atoms with E-state index in [1.807, 2.05) is 6.07 Å². The molecule has 0 bridgehead atoms. The summed E-state index contributed by atoms with van der Waals surface area (Å²) in [6.45, 7) is 3.61. The third-order valence-electron chi connectivity index (χ3n) is 3.02. The van der Waals surface area contributed by atoms with E-state index < -0.39 is 0 Å². The monoisotopic (exact) mass is 212 g/mol. The fourth-order valence-corrected chi connectivity index (χ4v) is 2.11. The second kappa shape index (κ2) is 4.14. The van der Waals surface area contributed by atoms with Crippen LogP contribution in [0.4, 0.5) is 5.69 Å². The molecule has 2 nitrogen and oxygen atoms in total. The van der Waals surface area contributed by atoms with Crippen molar-refractivity contribution in [3.05, 3.63) is 42.5 Å². The van der Waals surface area contributed by atoms with Gasteiger partial charge >= 0.3 is 0 Å². The summed E-state index contributed by atoms with van der Waals surface area (Å²) in [5.74, 6) is 0. The number of rotatable bonds is 1. The summed E-state index contributed by atoms with van der Waals surface area (Å²) in [6, 6.07) is 16.0. The van der Waals surface area contributed by atoms with Crippen molar-refractivity contribution in [3.8, 4) is 0 Å². The minimum Gasteiger partial charge on any atom is -0.378 e. The maximum Gasteiger partial charge on any atom is 0.0642 e. The molecule has 16 heavy (non-hydrogen) atoms. The summed E-state index contributed by atoms with van der Waals surface area (Å²) in [5.41, 5.74) is 1.25. The summed E-state index contributed by atoms with van der Waals surface area (Å²) in [7, 11) is 0. The Hall–Kier alpha value is -1.54. The van der Waals surface area contributed by atoms with E-state index in [1.54, 1.807) is 0 Å². The van der Waals surface area contributed by atoms with Gasteiger partial charge in [-0.25, -0.2) is 0 Å². The Labute approximate surface area is 95.4 Å². The molecule has 2 heteroatoms. The molecule has 0 aromatic heterocycles. The van der Waals surface area contributed by atoms with E-state index in [9.17, 15) is 0 Å². The van der Waals surface area contributed by atoms with Gasteiger partial charge < -0.3 is 9.64 Å². The largest absolute Gasteiger partial charge is 0.378 e. The van der Waals surface area contributed by atoms with Crippen molar-refractivity contribution in [1.29, 1.82) is 0 Å². The van der Waals surface area contributed by atoms with Crippen LogP contribution in [0, 0.1) is 6.07 Å². The summed E-state index contributed by atoms with van der Waals surface area (Å²) >= 11 is 0. The highest BCUT2D eigenvalue weighted by Crippen LogP contribution is 2.22. The minimum atomic E-state index is 0.826. The predicted octanol–water partition coefficient (Wildman–Crippen LogP) is 2.48. The number of hydrogen-bond acceptors (Lipinski definition) is 2. The van der Waals surface area contributed by atoms with E-state index in [1.165, 1.54) is 16.5 Å². The first-order valence-electron chi connectivity index (χ1n) is 5.67. The number of anilines is 1. The van der Waals surface area contributed by atoms with Crippen LogP contribution >= 0.6 is 0 Å². The highest BCUT2D eigenvalue weighted by molar-refractivity contribution is 5.85. The van der Waals surface area contributed by atoms with Crippen LogP contribution in [0.2, 0.25) is 0 Å². The zero-order valence-corrected chi connectivity index (χ0v) is 9.15. The quantitative estimate of drug-likeness (QED) is 0.720. The minimum absolute atomic E-state index is 0.826. The normalized spacial score (nSPS) is 16.6. The van der Waals surface area contributed by atoms with Gasteiger partial charge in [0, 0.05) is 18.8 Å². The molecule has 0 aliphatic carbocycles. The van der Waals surface area contributed by atoms with Crippen LogP contribution in [-0.2, 0) is 4.74 Å². The van der Waals surface area contributed by atoms with Crippen LogP contribution in [0.1, 0.15) is 0 Å². The molecular weight excluding hydrogens is 198 g/mol. The highest BCUT2D eigenvalue weighted by Gasteiger charge is 2.11. The number of morpholine rings is 1. The lowest BCUT2D eigenvalue weighted by Crippen LogP contribution is -2.36. The van der Waals surface area contributed by atoms with E-state index in [-0.39, 0.29) is 0 Å². The van der Waals surface area contributed by atoms with E-state index in [0.29, 0.717) is 0 Å². The van der Waals surface area contributed by atoms with Crippen molar-refractivity contribution in [2.75, 3.05) is 31.2 Å². The Bertz CT molecular complexity index is 489. The molecule has 0 unspecified atom stereocenters. The van der Waals surface area contributed by atoms with Gasteiger partial charge in [0.1, 0.15) is 0 Å². The maximum absolute atomic E-state index is 5.36.